The number of carbonyl (C=O) groups excluding carboxylic acids is 1. The number of nitrogens with zero attached hydrogens (tertiary/aromatic N) is 2. The van der Waals surface area contributed by atoms with Crippen molar-refractivity contribution in [1.82, 2.24) is 5.16 Å². The largest absolute Gasteiger partial charge is 0.490 e. The van der Waals surface area contributed by atoms with Crippen LogP contribution in [0.1, 0.15) is 26.8 Å². The number of carboxylic acids is 1. The molecule has 0 saturated heterocycles. The summed E-state index contributed by atoms with van der Waals surface area (Å²) in [5.74, 6) is -3.99. The van der Waals surface area contributed by atoms with Crippen molar-refractivity contribution >= 4 is 50.6 Å². The van der Waals surface area contributed by atoms with Gasteiger partial charge in [0.2, 0.25) is 6.79 Å². The van der Waals surface area contributed by atoms with E-state index in [0.717, 1.165) is 11.3 Å². The predicted octanol–water partition coefficient (Wildman–Crippen LogP) is 4.35. The first-order valence-corrected chi connectivity index (χ1v) is 12.4. The van der Waals surface area contributed by atoms with Crippen molar-refractivity contribution in [3.05, 3.63) is 50.8 Å². The Kier molecular flexibility index (Phi) is 8.00. The zero-order chi connectivity index (χ0) is 27.5. The summed E-state index contributed by atoms with van der Waals surface area (Å²) in [5.41, 5.74) is 0.675. The molecule has 0 spiro atoms. The van der Waals surface area contributed by atoms with Crippen molar-refractivity contribution in [2.75, 3.05) is 11.5 Å². The summed E-state index contributed by atoms with van der Waals surface area (Å²) in [7, 11) is -4.22. The van der Waals surface area contributed by atoms with E-state index >= 15 is 0 Å². The van der Waals surface area contributed by atoms with Gasteiger partial charge in [-0.05, 0) is 36.1 Å². The second-order valence-corrected chi connectivity index (χ2v) is 9.92. The van der Waals surface area contributed by atoms with Crippen LogP contribution in [0.5, 0.6) is 11.5 Å². The van der Waals surface area contributed by atoms with Crippen LogP contribution in [0, 0.1) is 18.3 Å². The fourth-order valence-electron chi connectivity index (χ4n) is 2.80. The van der Waals surface area contributed by atoms with E-state index in [0.29, 0.717) is 22.8 Å². The highest BCUT2D eigenvalue weighted by atomic mass is 35.5. The smallest absolute Gasteiger partial charge is 0.475 e. The minimum absolute atomic E-state index is 0.0111. The van der Waals surface area contributed by atoms with E-state index in [4.69, 9.17) is 35.5 Å². The number of benzene rings is 1. The van der Waals surface area contributed by atoms with Gasteiger partial charge in [0.25, 0.3) is 15.9 Å². The fraction of sp³-hybridized carbons (Fsp3) is 0.200. The van der Waals surface area contributed by atoms with Crippen LogP contribution in [0.3, 0.4) is 0 Å². The summed E-state index contributed by atoms with van der Waals surface area (Å²) in [6, 6.07) is 7.90. The Morgan fingerprint density at radius 1 is 1.27 bits per heavy atom. The maximum absolute atomic E-state index is 13.1. The van der Waals surface area contributed by atoms with Crippen LogP contribution >= 0.6 is 22.9 Å². The number of nitrogens with one attached hydrogen (secondary N) is 1. The summed E-state index contributed by atoms with van der Waals surface area (Å²) in [6.07, 6.45) is -5.08. The quantitative estimate of drug-likeness (QED) is 0.400. The molecule has 17 heteroatoms. The van der Waals surface area contributed by atoms with Crippen LogP contribution < -0.4 is 14.2 Å². The van der Waals surface area contributed by atoms with E-state index in [1.165, 1.54) is 17.5 Å². The van der Waals surface area contributed by atoms with Gasteiger partial charge in [-0.15, -0.1) is 11.3 Å². The number of anilines is 1. The normalized spacial score (nSPS) is 13.2. The average Bonchev–Trinajstić information content (AvgIpc) is 3.56. The Bertz CT molecular complexity index is 1490. The molecule has 0 radical (unpaired) electrons. The summed E-state index contributed by atoms with van der Waals surface area (Å²) < 4.78 is 75.0. The Morgan fingerprint density at radius 2 is 1.92 bits per heavy atom. The number of aliphatic carboxylic acids is 1. The Hall–Kier alpha value is -3.81. The molecule has 1 atom stereocenters. The Morgan fingerprint density at radius 3 is 2.49 bits per heavy atom. The summed E-state index contributed by atoms with van der Waals surface area (Å²) in [4.78, 5) is 21.6. The fourth-order valence-corrected chi connectivity index (χ4v) is 5.37. The number of ether oxygens (including phenoxy) is 2. The van der Waals surface area contributed by atoms with Crippen molar-refractivity contribution in [3.63, 3.8) is 0 Å². The highest BCUT2D eigenvalue weighted by molar-refractivity contribution is 7.93. The molecule has 0 saturated carbocycles. The van der Waals surface area contributed by atoms with Gasteiger partial charge in [0.05, 0.1) is 10.9 Å². The van der Waals surface area contributed by atoms with Crippen molar-refractivity contribution in [3.8, 4) is 17.6 Å². The van der Waals surface area contributed by atoms with Crippen molar-refractivity contribution in [1.29, 1.82) is 5.26 Å². The first-order valence-electron chi connectivity index (χ1n) is 9.61. The molecule has 1 aliphatic heterocycles. The van der Waals surface area contributed by atoms with E-state index in [1.54, 1.807) is 19.1 Å². The molecular weight excluding hydrogens is 567 g/mol. The van der Waals surface area contributed by atoms with Crippen molar-refractivity contribution in [2.45, 2.75) is 23.9 Å². The van der Waals surface area contributed by atoms with E-state index in [1.807, 2.05) is 6.07 Å². The molecule has 1 aromatic carbocycles. The molecule has 3 aromatic rings. The van der Waals surface area contributed by atoms with Gasteiger partial charge in [-0.1, -0.05) is 22.8 Å². The molecule has 2 N–H and O–H groups in total. The summed E-state index contributed by atoms with van der Waals surface area (Å²) in [6.45, 7) is 1.60. The number of hydrogen-bond acceptors (Lipinski definition) is 10. The third-order valence-electron chi connectivity index (χ3n) is 4.52. The zero-order valence-corrected chi connectivity index (χ0v) is 20.6. The lowest BCUT2D eigenvalue weighted by Gasteiger charge is -2.11. The second-order valence-electron chi connectivity index (χ2n) is 6.97. The molecule has 2 aromatic heterocycles. The topological polar surface area (TPSA) is 169 Å². The van der Waals surface area contributed by atoms with Crippen LogP contribution in [-0.4, -0.2) is 43.4 Å². The minimum Gasteiger partial charge on any atom is -0.475 e. The highest BCUT2D eigenvalue weighted by Crippen LogP contribution is 2.37. The molecule has 11 nitrogen and oxygen atoms in total. The van der Waals surface area contributed by atoms with Crippen LogP contribution in [0.2, 0.25) is 5.02 Å². The molecule has 0 amide bonds. The molecule has 3 heterocycles. The van der Waals surface area contributed by atoms with Gasteiger partial charge in [-0.3, -0.25) is 4.79 Å². The van der Waals surface area contributed by atoms with Crippen LogP contribution in [0.15, 0.2) is 39.1 Å². The molecular formula is C20H13ClF3N3O8S2. The van der Waals surface area contributed by atoms with Gasteiger partial charge in [0.15, 0.2) is 17.3 Å². The lowest BCUT2D eigenvalue weighted by Crippen LogP contribution is -2.21. The number of fused-ring (bicyclic) bond motifs is 1. The van der Waals surface area contributed by atoms with E-state index in [2.05, 4.69) is 9.88 Å². The number of aromatic nitrogens is 1. The molecule has 196 valence electrons. The number of halogens is 4. The number of carboxylic acid groups (broad SMARTS) is 1. The third-order valence-corrected chi connectivity index (χ3v) is 7.40. The van der Waals surface area contributed by atoms with Crippen molar-refractivity contribution in [2.24, 2.45) is 0 Å². The molecule has 0 fully saturated rings. The minimum atomic E-state index is -5.08. The van der Waals surface area contributed by atoms with Crippen molar-refractivity contribution < 1.29 is 50.3 Å². The number of aryl methyl sites for hydroxylation is 1. The highest BCUT2D eigenvalue weighted by Gasteiger charge is 2.38. The molecule has 4 rings (SSSR count). The first kappa shape index (κ1) is 27.8. The second kappa shape index (κ2) is 10.7. The average molecular weight is 580 g/mol. The van der Waals surface area contributed by atoms with Gasteiger partial charge < -0.3 is 19.1 Å². The number of alkyl halides is 3. The van der Waals surface area contributed by atoms with E-state index in [-0.39, 0.29) is 27.5 Å². The van der Waals surface area contributed by atoms with Gasteiger partial charge in [0.1, 0.15) is 21.5 Å². The zero-order valence-electron chi connectivity index (χ0n) is 18.2. The van der Waals surface area contributed by atoms with Crippen LogP contribution in [-0.2, 0) is 14.8 Å². The maximum atomic E-state index is 13.1. The molecule has 0 aliphatic carbocycles. The number of nitriles is 1. The monoisotopic (exact) mass is 579 g/mol. The van der Waals surface area contributed by atoms with Gasteiger partial charge >= 0.3 is 12.1 Å². The molecule has 1 unspecified atom stereocenters. The van der Waals surface area contributed by atoms with Crippen LogP contribution in [0.25, 0.3) is 0 Å². The van der Waals surface area contributed by atoms with Gasteiger partial charge in [-0.25, -0.2) is 17.9 Å². The number of rotatable bonds is 6. The summed E-state index contributed by atoms with van der Waals surface area (Å²) in [5, 5.41) is 21.8. The lowest BCUT2D eigenvalue weighted by molar-refractivity contribution is -0.192. The molecule has 1 aliphatic rings. The SMILES string of the molecule is Cc1noc(NS(=O)(=O)c2ccsc2C(=O)C(C#N)c2ccc3c(c2)OCO3)c1Cl.O=C(O)C(F)(F)F. The number of hydrogen-bond donors (Lipinski definition) is 2. The predicted molar refractivity (Wildman–Crippen MR) is 120 cm³/mol. The maximum Gasteiger partial charge on any atom is 0.490 e. The number of thiophene rings is 1. The Labute approximate surface area is 215 Å². The number of sulfonamides is 1. The summed E-state index contributed by atoms with van der Waals surface area (Å²) >= 11 is 6.88. The number of ketones is 1. The van der Waals surface area contributed by atoms with E-state index in [9.17, 15) is 31.6 Å². The third kappa shape index (κ3) is 6.13. The number of Topliss-reactive ketones (excluding diaryl/α,β-unsaturated/α-hetero) is 1. The lowest BCUT2D eigenvalue weighted by atomic mass is 9.95. The van der Waals surface area contributed by atoms with E-state index < -0.39 is 33.9 Å². The van der Waals surface area contributed by atoms with Gasteiger partial charge in [0, 0.05) is 0 Å². The van der Waals surface area contributed by atoms with Crippen LogP contribution in [0.4, 0.5) is 19.1 Å². The number of carbonyl (C=O) groups is 2. The first-order chi connectivity index (χ1) is 17.3. The Balaban J connectivity index is 0.000000479. The standard InChI is InChI=1S/C18H12ClN3O6S2.C2HF3O2/c1-9-15(19)18(28-21-9)22-30(24,25)14-4-5-29-17(14)16(23)11(7-20)10-2-3-12-13(6-10)27-8-26-12;3-2(4,5)1(6)7/h2-6,11,22H,8H2,1H3;(H,6,7). The van der Waals surface area contributed by atoms with Gasteiger partial charge in [-0.2, -0.15) is 18.4 Å². The molecule has 0 bridgehead atoms. The molecule has 37 heavy (non-hydrogen) atoms.